The molecule has 0 aromatic heterocycles. The summed E-state index contributed by atoms with van der Waals surface area (Å²) in [4.78, 5) is 0. The Balaban J connectivity index is 1.68. The van der Waals surface area contributed by atoms with Gasteiger partial charge in [0.25, 0.3) is 6.29 Å². The normalized spacial score (nSPS) is 19.8. The number of hydrogen-bond acceptors (Lipinski definition) is 2. The summed E-state index contributed by atoms with van der Waals surface area (Å²) in [5.41, 5.74) is 2.46. The highest BCUT2D eigenvalue weighted by atomic mass is 79.9. The van der Waals surface area contributed by atoms with E-state index in [0.717, 1.165) is 20.4 Å². The number of halogens is 2. The molecule has 2 heterocycles. The second-order valence-corrected chi connectivity index (χ2v) is 8.60. The van der Waals surface area contributed by atoms with Gasteiger partial charge in [-0.3, -0.25) is 0 Å². The van der Waals surface area contributed by atoms with Crippen molar-refractivity contribution in [2.45, 2.75) is 12.2 Å². The first-order chi connectivity index (χ1) is 12.7. The second kappa shape index (κ2) is 5.24. The molecule has 0 saturated heterocycles. The van der Waals surface area contributed by atoms with E-state index < -0.39 is 0 Å². The Morgan fingerprint density at radius 1 is 0.615 bits per heavy atom. The van der Waals surface area contributed by atoms with E-state index in [4.69, 9.17) is 9.47 Å². The predicted molar refractivity (Wildman–Crippen MR) is 110 cm³/mol. The van der Waals surface area contributed by atoms with Crippen LogP contribution >= 0.6 is 31.9 Å². The van der Waals surface area contributed by atoms with E-state index >= 15 is 0 Å². The van der Waals surface area contributed by atoms with Crippen LogP contribution in [0.15, 0.2) is 69.6 Å². The summed E-state index contributed by atoms with van der Waals surface area (Å²) in [7, 11) is 0. The molecular formula is C22H12Br2O2. The molecule has 4 heteroatoms. The molecule has 6 rings (SSSR count). The topological polar surface area (TPSA) is 18.5 Å². The van der Waals surface area contributed by atoms with Crippen molar-refractivity contribution in [1.29, 1.82) is 0 Å². The number of fused-ring (bicyclic) bond motifs is 9. The lowest BCUT2D eigenvalue weighted by Crippen LogP contribution is -2.19. The lowest BCUT2D eigenvalue weighted by molar-refractivity contribution is 0.0330. The fraction of sp³-hybridized carbons (Fsp3) is 0.0909. The molecule has 0 N–H and O–H groups in total. The molecule has 0 unspecified atom stereocenters. The fourth-order valence-corrected chi connectivity index (χ4v) is 5.04. The van der Waals surface area contributed by atoms with E-state index in [2.05, 4.69) is 92.5 Å². The van der Waals surface area contributed by atoms with Gasteiger partial charge < -0.3 is 9.47 Å². The Bertz CT molecular complexity index is 1140. The Morgan fingerprint density at radius 2 is 1.12 bits per heavy atom. The van der Waals surface area contributed by atoms with Crippen LogP contribution in [-0.4, -0.2) is 6.29 Å². The van der Waals surface area contributed by atoms with Crippen LogP contribution in [0.25, 0.3) is 21.5 Å². The minimum absolute atomic E-state index is 0.0924. The van der Waals surface area contributed by atoms with Gasteiger partial charge in [0.1, 0.15) is 11.5 Å². The molecule has 0 spiro atoms. The molecule has 0 fully saturated rings. The van der Waals surface area contributed by atoms with Crippen molar-refractivity contribution in [1.82, 2.24) is 0 Å². The third-order valence-corrected chi connectivity index (χ3v) is 6.33. The molecule has 0 aliphatic carbocycles. The summed E-state index contributed by atoms with van der Waals surface area (Å²) in [5.74, 6) is 1.94. The maximum atomic E-state index is 6.18. The van der Waals surface area contributed by atoms with Gasteiger partial charge in [0.15, 0.2) is 0 Å². The maximum Gasteiger partial charge on any atom is 0.252 e. The summed E-state index contributed by atoms with van der Waals surface area (Å²) >= 11 is 7.15. The van der Waals surface area contributed by atoms with Gasteiger partial charge in [-0.05, 0) is 57.9 Å². The van der Waals surface area contributed by atoms with E-state index in [1.165, 1.54) is 32.7 Å². The number of hydrogen-bond donors (Lipinski definition) is 0. The largest absolute Gasteiger partial charge is 0.454 e. The molecule has 4 aromatic rings. The van der Waals surface area contributed by atoms with Crippen molar-refractivity contribution in [3.05, 3.63) is 80.7 Å². The van der Waals surface area contributed by atoms with Crippen LogP contribution in [-0.2, 0) is 0 Å². The smallest absolute Gasteiger partial charge is 0.252 e. The third-order valence-electron chi connectivity index (χ3n) is 5.35. The van der Waals surface area contributed by atoms with Crippen LogP contribution in [0.5, 0.6) is 11.5 Å². The number of ether oxygens (including phenoxy) is 2. The Hall–Kier alpha value is -2.04. The van der Waals surface area contributed by atoms with Crippen molar-refractivity contribution in [3.63, 3.8) is 0 Å². The van der Waals surface area contributed by atoms with Crippen LogP contribution < -0.4 is 9.47 Å². The molecule has 0 saturated carbocycles. The van der Waals surface area contributed by atoms with Gasteiger partial charge in [-0.25, -0.2) is 0 Å². The van der Waals surface area contributed by atoms with Crippen LogP contribution in [0.4, 0.5) is 0 Å². The zero-order valence-corrected chi connectivity index (χ0v) is 16.7. The SMILES string of the molecule is Brc1ccc2c3c(ccc2c1)OC1Oc2ccc4cc(Br)ccc4c2C31. The summed E-state index contributed by atoms with van der Waals surface area (Å²) in [6, 6.07) is 21.2. The molecular weight excluding hydrogens is 456 g/mol. The maximum absolute atomic E-state index is 6.18. The fourth-order valence-electron chi connectivity index (χ4n) is 4.28. The highest BCUT2D eigenvalue weighted by Gasteiger charge is 2.45. The lowest BCUT2D eigenvalue weighted by Gasteiger charge is -2.12. The van der Waals surface area contributed by atoms with Crippen molar-refractivity contribution < 1.29 is 9.47 Å². The number of benzene rings is 4. The Labute approximate surface area is 167 Å². The van der Waals surface area contributed by atoms with E-state index in [0.29, 0.717) is 0 Å². The Kier molecular flexibility index (Phi) is 3.04. The van der Waals surface area contributed by atoms with Crippen molar-refractivity contribution in [3.8, 4) is 11.5 Å². The van der Waals surface area contributed by atoms with Gasteiger partial charge in [0.2, 0.25) is 0 Å². The van der Waals surface area contributed by atoms with Crippen LogP contribution in [0.3, 0.4) is 0 Å². The summed E-state index contributed by atoms with van der Waals surface area (Å²) in [6.45, 7) is 0. The first-order valence-electron chi connectivity index (χ1n) is 8.47. The molecule has 2 aliphatic rings. The molecule has 4 aromatic carbocycles. The third kappa shape index (κ3) is 1.97. The molecule has 26 heavy (non-hydrogen) atoms. The summed E-state index contributed by atoms with van der Waals surface area (Å²) in [5, 5.41) is 4.87. The van der Waals surface area contributed by atoms with E-state index in [9.17, 15) is 0 Å². The van der Waals surface area contributed by atoms with Gasteiger partial charge in [0.05, 0.1) is 5.92 Å². The van der Waals surface area contributed by atoms with Crippen LogP contribution in [0.2, 0.25) is 0 Å². The first kappa shape index (κ1) is 15.1. The predicted octanol–water partition coefficient (Wildman–Crippen LogP) is 6.76. The first-order valence-corrected chi connectivity index (χ1v) is 10.1. The van der Waals surface area contributed by atoms with E-state index in [1.54, 1.807) is 0 Å². The molecule has 126 valence electrons. The monoisotopic (exact) mass is 466 g/mol. The van der Waals surface area contributed by atoms with Crippen molar-refractivity contribution >= 4 is 53.4 Å². The van der Waals surface area contributed by atoms with E-state index in [1.807, 2.05) is 0 Å². The molecule has 0 bridgehead atoms. The quantitative estimate of drug-likeness (QED) is 0.284. The van der Waals surface area contributed by atoms with Gasteiger partial charge in [-0.15, -0.1) is 0 Å². The van der Waals surface area contributed by atoms with Crippen LogP contribution in [0.1, 0.15) is 17.0 Å². The zero-order chi connectivity index (χ0) is 17.4. The highest BCUT2D eigenvalue weighted by molar-refractivity contribution is 9.10. The van der Waals surface area contributed by atoms with Gasteiger partial charge in [-0.1, -0.05) is 56.1 Å². The van der Waals surface area contributed by atoms with Crippen molar-refractivity contribution in [2.75, 3.05) is 0 Å². The Morgan fingerprint density at radius 3 is 1.62 bits per heavy atom. The lowest BCUT2D eigenvalue weighted by atomic mass is 9.87. The highest BCUT2D eigenvalue weighted by Crippen LogP contribution is 2.54. The molecule has 0 radical (unpaired) electrons. The molecule has 2 aliphatic heterocycles. The minimum Gasteiger partial charge on any atom is -0.454 e. The van der Waals surface area contributed by atoms with Crippen LogP contribution in [0, 0.1) is 0 Å². The van der Waals surface area contributed by atoms with Crippen molar-refractivity contribution in [2.24, 2.45) is 0 Å². The standard InChI is InChI=1S/C22H12Br2O2/c23-13-3-5-15-11(9-13)1-7-17-19(15)21-20-16-6-4-14(24)10-12(16)2-8-18(20)26-22(21)25-17/h1-10,21-22H. The average Bonchev–Trinajstić information content (AvgIpc) is 3.16. The summed E-state index contributed by atoms with van der Waals surface area (Å²) in [6.07, 6.45) is -0.288. The minimum atomic E-state index is -0.288. The van der Waals surface area contributed by atoms with E-state index in [-0.39, 0.29) is 12.2 Å². The molecule has 0 atom stereocenters. The average molecular weight is 468 g/mol. The van der Waals surface area contributed by atoms with Gasteiger partial charge >= 0.3 is 0 Å². The zero-order valence-electron chi connectivity index (χ0n) is 13.5. The van der Waals surface area contributed by atoms with Gasteiger partial charge in [-0.2, -0.15) is 0 Å². The molecule has 0 amide bonds. The number of rotatable bonds is 0. The summed E-state index contributed by atoms with van der Waals surface area (Å²) < 4.78 is 14.5. The second-order valence-electron chi connectivity index (χ2n) is 6.77. The van der Waals surface area contributed by atoms with Gasteiger partial charge in [0, 0.05) is 20.1 Å². The molecule has 2 nitrogen and oxygen atoms in total.